The van der Waals surface area contributed by atoms with Crippen molar-refractivity contribution in [1.82, 2.24) is 5.32 Å². The first-order valence-corrected chi connectivity index (χ1v) is 7.34. The van der Waals surface area contributed by atoms with Crippen LogP contribution in [0.25, 0.3) is 0 Å². The molecule has 0 radical (unpaired) electrons. The Kier molecular flexibility index (Phi) is 3.99. The Bertz CT molecular complexity index is 240. The first-order valence-electron chi connectivity index (χ1n) is 7.34. The molecule has 3 aliphatic rings. The highest BCUT2D eigenvalue weighted by molar-refractivity contribution is 4.93. The molecule has 17 heavy (non-hydrogen) atoms. The average Bonchev–Trinajstić information content (AvgIpc) is 3.05. The molecule has 0 aromatic heterocycles. The zero-order valence-corrected chi connectivity index (χ0v) is 10.7. The van der Waals surface area contributed by atoms with Gasteiger partial charge in [0.2, 0.25) is 0 Å². The zero-order chi connectivity index (χ0) is 11.5. The topological polar surface area (TPSA) is 30.5 Å². The van der Waals surface area contributed by atoms with Crippen LogP contribution in [0.1, 0.15) is 38.5 Å². The Morgan fingerprint density at radius 3 is 2.88 bits per heavy atom. The third kappa shape index (κ3) is 3.01. The fourth-order valence-electron chi connectivity index (χ4n) is 3.80. The maximum Gasteiger partial charge on any atom is 0.0809 e. The van der Waals surface area contributed by atoms with Gasteiger partial charge in [-0.3, -0.25) is 0 Å². The zero-order valence-electron chi connectivity index (χ0n) is 10.7. The molecular formula is C14H25NO2. The number of ether oxygens (including phenoxy) is 2. The van der Waals surface area contributed by atoms with E-state index in [0.717, 1.165) is 44.2 Å². The molecule has 2 saturated carbocycles. The van der Waals surface area contributed by atoms with E-state index in [9.17, 15) is 0 Å². The van der Waals surface area contributed by atoms with Gasteiger partial charge in [0.1, 0.15) is 0 Å². The molecule has 0 aromatic rings. The summed E-state index contributed by atoms with van der Waals surface area (Å²) in [6.45, 7) is 3.57. The summed E-state index contributed by atoms with van der Waals surface area (Å²) in [4.78, 5) is 0. The summed E-state index contributed by atoms with van der Waals surface area (Å²) in [5, 5.41) is 3.67. The monoisotopic (exact) mass is 239 g/mol. The van der Waals surface area contributed by atoms with E-state index in [1.807, 2.05) is 0 Å². The summed E-state index contributed by atoms with van der Waals surface area (Å²) in [6.07, 6.45) is 8.59. The third-order valence-corrected chi connectivity index (χ3v) is 4.72. The van der Waals surface area contributed by atoms with Crippen molar-refractivity contribution in [2.45, 2.75) is 50.7 Å². The van der Waals surface area contributed by atoms with E-state index in [4.69, 9.17) is 9.47 Å². The average molecular weight is 239 g/mol. The third-order valence-electron chi connectivity index (χ3n) is 4.72. The van der Waals surface area contributed by atoms with E-state index in [1.54, 1.807) is 0 Å². The van der Waals surface area contributed by atoms with Gasteiger partial charge in [0.05, 0.1) is 19.3 Å². The van der Waals surface area contributed by atoms with Gasteiger partial charge in [-0.25, -0.2) is 0 Å². The maximum absolute atomic E-state index is 5.67. The second kappa shape index (κ2) is 5.68. The highest BCUT2D eigenvalue weighted by atomic mass is 16.5. The molecule has 1 saturated heterocycles. The summed E-state index contributed by atoms with van der Waals surface area (Å²) < 4.78 is 11.2. The standard InChI is InChI=1S/C14H25NO2/c1-2-13(17-6-1)10-16-7-5-15-14-9-11-3-4-12(14)8-11/h11-15H,1-10H2/t11-,12-,13-,14+/m0/s1. The second-order valence-corrected chi connectivity index (χ2v) is 5.95. The predicted molar refractivity (Wildman–Crippen MR) is 67.0 cm³/mol. The van der Waals surface area contributed by atoms with Crippen LogP contribution in [0.15, 0.2) is 0 Å². The van der Waals surface area contributed by atoms with Crippen molar-refractivity contribution in [2.75, 3.05) is 26.4 Å². The maximum atomic E-state index is 5.67. The van der Waals surface area contributed by atoms with Gasteiger partial charge in [-0.1, -0.05) is 6.42 Å². The molecule has 4 atom stereocenters. The molecule has 0 amide bonds. The second-order valence-electron chi connectivity index (χ2n) is 5.95. The Balaban J connectivity index is 1.23. The molecule has 2 bridgehead atoms. The molecule has 0 aromatic carbocycles. The minimum atomic E-state index is 0.373. The number of fused-ring (bicyclic) bond motifs is 2. The lowest BCUT2D eigenvalue weighted by atomic mass is 9.95. The number of rotatable bonds is 6. The van der Waals surface area contributed by atoms with Crippen LogP contribution in [0.5, 0.6) is 0 Å². The Hall–Kier alpha value is -0.120. The van der Waals surface area contributed by atoms with Gasteiger partial charge in [-0.15, -0.1) is 0 Å². The van der Waals surface area contributed by atoms with E-state index < -0.39 is 0 Å². The van der Waals surface area contributed by atoms with Gasteiger partial charge in [0.15, 0.2) is 0 Å². The van der Waals surface area contributed by atoms with Crippen LogP contribution >= 0.6 is 0 Å². The number of hydrogen-bond acceptors (Lipinski definition) is 3. The molecule has 3 nitrogen and oxygen atoms in total. The Morgan fingerprint density at radius 2 is 2.18 bits per heavy atom. The number of nitrogens with one attached hydrogen (secondary N) is 1. The van der Waals surface area contributed by atoms with Crippen molar-refractivity contribution in [3.05, 3.63) is 0 Å². The molecule has 3 rings (SSSR count). The van der Waals surface area contributed by atoms with Crippen LogP contribution in [0.3, 0.4) is 0 Å². The van der Waals surface area contributed by atoms with Gasteiger partial charge in [0, 0.05) is 19.2 Å². The molecule has 3 heteroatoms. The molecule has 0 unspecified atom stereocenters. The normalized spacial score (nSPS) is 40.2. The van der Waals surface area contributed by atoms with Crippen LogP contribution in [0.2, 0.25) is 0 Å². The lowest BCUT2D eigenvalue weighted by Crippen LogP contribution is -2.36. The molecule has 0 spiro atoms. The van der Waals surface area contributed by atoms with Crippen molar-refractivity contribution < 1.29 is 9.47 Å². The minimum Gasteiger partial charge on any atom is -0.377 e. The first-order chi connectivity index (χ1) is 8.42. The van der Waals surface area contributed by atoms with Crippen LogP contribution < -0.4 is 5.32 Å². The minimum absolute atomic E-state index is 0.373. The fourth-order valence-corrected chi connectivity index (χ4v) is 3.80. The molecule has 1 heterocycles. The SMILES string of the molecule is C1CO[C@H](COCCN[C@@H]2C[C@H]3CC[C@H]2C3)C1. The van der Waals surface area contributed by atoms with Gasteiger partial charge < -0.3 is 14.8 Å². The molecular weight excluding hydrogens is 214 g/mol. The van der Waals surface area contributed by atoms with Crippen LogP contribution in [-0.2, 0) is 9.47 Å². The van der Waals surface area contributed by atoms with Crippen molar-refractivity contribution in [3.8, 4) is 0 Å². The van der Waals surface area contributed by atoms with Crippen LogP contribution in [-0.4, -0.2) is 38.5 Å². The van der Waals surface area contributed by atoms with Crippen molar-refractivity contribution in [1.29, 1.82) is 0 Å². The lowest BCUT2D eigenvalue weighted by Gasteiger charge is -2.23. The first kappa shape index (κ1) is 11.9. The summed E-state index contributed by atoms with van der Waals surface area (Å²) >= 11 is 0. The van der Waals surface area contributed by atoms with Crippen LogP contribution in [0.4, 0.5) is 0 Å². The van der Waals surface area contributed by atoms with E-state index >= 15 is 0 Å². The quantitative estimate of drug-likeness (QED) is 0.719. The Labute approximate surface area is 104 Å². The number of hydrogen-bond donors (Lipinski definition) is 1. The van der Waals surface area contributed by atoms with Crippen molar-refractivity contribution in [2.24, 2.45) is 11.8 Å². The highest BCUT2D eigenvalue weighted by Gasteiger charge is 2.38. The van der Waals surface area contributed by atoms with E-state index in [-0.39, 0.29) is 0 Å². The molecule has 3 fully saturated rings. The predicted octanol–water partition coefficient (Wildman–Crippen LogP) is 1.96. The summed E-state index contributed by atoms with van der Waals surface area (Å²) in [7, 11) is 0. The Morgan fingerprint density at radius 1 is 1.18 bits per heavy atom. The largest absolute Gasteiger partial charge is 0.377 e. The summed E-state index contributed by atoms with van der Waals surface area (Å²) in [5.74, 6) is 2.00. The van der Waals surface area contributed by atoms with Crippen molar-refractivity contribution >= 4 is 0 Å². The highest BCUT2D eigenvalue weighted by Crippen LogP contribution is 2.44. The molecule has 1 N–H and O–H groups in total. The smallest absolute Gasteiger partial charge is 0.0809 e. The van der Waals surface area contributed by atoms with Crippen molar-refractivity contribution in [3.63, 3.8) is 0 Å². The van der Waals surface area contributed by atoms with Gasteiger partial charge >= 0.3 is 0 Å². The molecule has 1 aliphatic heterocycles. The lowest BCUT2D eigenvalue weighted by molar-refractivity contribution is 0.0175. The van der Waals surface area contributed by atoms with Gasteiger partial charge in [0.25, 0.3) is 0 Å². The molecule has 98 valence electrons. The fraction of sp³-hybridized carbons (Fsp3) is 1.00. The van der Waals surface area contributed by atoms with E-state index in [1.165, 1.54) is 38.5 Å². The summed E-state index contributed by atoms with van der Waals surface area (Å²) in [6, 6.07) is 0.792. The summed E-state index contributed by atoms with van der Waals surface area (Å²) in [5.41, 5.74) is 0. The van der Waals surface area contributed by atoms with E-state index in [2.05, 4.69) is 5.32 Å². The van der Waals surface area contributed by atoms with Gasteiger partial charge in [-0.2, -0.15) is 0 Å². The van der Waals surface area contributed by atoms with E-state index in [0.29, 0.717) is 6.10 Å². The van der Waals surface area contributed by atoms with Gasteiger partial charge in [-0.05, 0) is 43.9 Å². The molecule has 2 aliphatic carbocycles. The van der Waals surface area contributed by atoms with Crippen LogP contribution in [0, 0.1) is 11.8 Å².